The summed E-state index contributed by atoms with van der Waals surface area (Å²) in [5.41, 5.74) is 7.15. The van der Waals surface area contributed by atoms with Crippen LogP contribution < -0.4 is 14.0 Å². The maximum absolute atomic E-state index is 11.3. The molecule has 0 aliphatic rings. The van der Waals surface area contributed by atoms with Crippen molar-refractivity contribution in [1.82, 2.24) is 4.98 Å². The van der Waals surface area contributed by atoms with Gasteiger partial charge in [-0.15, -0.1) is 0 Å². The summed E-state index contributed by atoms with van der Waals surface area (Å²) < 4.78 is 7.40. The molecule has 0 fully saturated rings. The second-order valence-electron chi connectivity index (χ2n) is 7.17. The van der Waals surface area contributed by atoms with Gasteiger partial charge in [0.2, 0.25) is 0 Å². The summed E-state index contributed by atoms with van der Waals surface area (Å²) in [4.78, 5) is 22.7. The van der Waals surface area contributed by atoms with E-state index < -0.39 is 24.3 Å². The number of nitrogens with two attached hydrogens (primary N) is 1. The summed E-state index contributed by atoms with van der Waals surface area (Å²) >= 11 is -2.03. The first-order valence-corrected chi connectivity index (χ1v) is 18.5. The average Bonchev–Trinajstić information content (AvgIpc) is 2.62. The molecule has 1 amide bonds. The van der Waals surface area contributed by atoms with Crippen molar-refractivity contribution >= 4 is 27.9 Å². The van der Waals surface area contributed by atoms with Crippen molar-refractivity contribution in [2.75, 3.05) is 0 Å². The van der Waals surface area contributed by atoms with E-state index in [1.165, 1.54) is 3.58 Å². The van der Waals surface area contributed by atoms with Crippen LogP contribution in [0, 0.1) is 0 Å². The third-order valence-corrected chi connectivity index (χ3v) is 10.0. The van der Waals surface area contributed by atoms with Crippen LogP contribution in [0.1, 0.15) is 10.5 Å². The van der Waals surface area contributed by atoms with Gasteiger partial charge in [-0.05, 0) is 6.07 Å². The molecule has 1 aromatic heterocycles. The topological polar surface area (TPSA) is 65.2 Å². The summed E-state index contributed by atoms with van der Waals surface area (Å²) in [5, 5.41) is 0. The fraction of sp³-hybridized carbons (Fsp3) is 0.143. The number of hydrogen-bond acceptors (Lipinski definition) is 3. The Hall–Kier alpha value is -2.34. The van der Waals surface area contributed by atoms with E-state index in [9.17, 15) is 4.79 Å². The number of amides is 1. The zero-order chi connectivity index (χ0) is 18.7. The van der Waals surface area contributed by atoms with Crippen molar-refractivity contribution in [2.24, 2.45) is 5.73 Å². The van der Waals surface area contributed by atoms with Crippen LogP contribution in [-0.2, 0) is 0 Å². The van der Waals surface area contributed by atoms with Crippen molar-refractivity contribution in [1.29, 1.82) is 0 Å². The average molecular weight is 453 g/mol. The standard InChI is InChI=1S/C18H13N2O2.3CH3.Sn/c19-18(21)17-8-4-7-16(20-17)13-9-11-15(12-10-13)22-14-5-2-1-3-6-14;;;;/h2-12H,(H2,19,21);3*1H3;. The molecule has 4 nitrogen and oxygen atoms in total. The Balaban J connectivity index is 1.76. The van der Waals surface area contributed by atoms with Gasteiger partial charge in [0.1, 0.15) is 0 Å². The molecule has 26 heavy (non-hydrogen) atoms. The molecule has 0 saturated carbocycles. The monoisotopic (exact) mass is 454 g/mol. The number of carbonyl (C=O) groups excluding carboxylic acids is 1. The first-order valence-electron chi connectivity index (χ1n) is 8.49. The molecule has 132 valence electrons. The third-order valence-electron chi connectivity index (χ3n) is 4.11. The number of primary amides is 1. The zero-order valence-electron chi connectivity index (χ0n) is 15.2. The van der Waals surface area contributed by atoms with E-state index in [1.54, 1.807) is 12.1 Å². The van der Waals surface area contributed by atoms with Crippen molar-refractivity contribution in [3.8, 4) is 22.8 Å². The van der Waals surface area contributed by atoms with Crippen LogP contribution in [0.15, 0.2) is 66.7 Å². The number of ether oxygens (including phenoxy) is 1. The molecule has 0 aliphatic carbocycles. The van der Waals surface area contributed by atoms with Gasteiger partial charge in [-0.2, -0.15) is 0 Å². The molecule has 5 heteroatoms. The SMILES string of the molecule is [CH3][Sn]([CH3])([CH3])[c]1ccc(Oc2ccc(-c3cccc(C(N)=O)n3)cc2)cc1. The van der Waals surface area contributed by atoms with Crippen molar-refractivity contribution < 1.29 is 9.53 Å². The molecule has 0 spiro atoms. The molecule has 1 heterocycles. The molecule has 3 rings (SSSR count). The molecular formula is C21H22N2O2Sn. The normalized spacial score (nSPS) is 11.2. The predicted molar refractivity (Wildman–Crippen MR) is 108 cm³/mol. The van der Waals surface area contributed by atoms with Gasteiger partial charge in [-0.25, -0.2) is 0 Å². The van der Waals surface area contributed by atoms with Crippen LogP contribution >= 0.6 is 0 Å². The molecule has 0 saturated heterocycles. The minimum atomic E-state index is -2.03. The van der Waals surface area contributed by atoms with Gasteiger partial charge < -0.3 is 5.73 Å². The Morgan fingerprint density at radius 2 is 1.46 bits per heavy atom. The van der Waals surface area contributed by atoms with E-state index in [1.807, 2.05) is 42.5 Å². The van der Waals surface area contributed by atoms with Gasteiger partial charge >= 0.3 is 136 Å². The van der Waals surface area contributed by atoms with E-state index in [0.29, 0.717) is 5.69 Å². The van der Waals surface area contributed by atoms with Gasteiger partial charge in [-0.1, -0.05) is 0 Å². The van der Waals surface area contributed by atoms with Gasteiger partial charge in [0.15, 0.2) is 0 Å². The minimum absolute atomic E-state index is 0.257. The summed E-state index contributed by atoms with van der Waals surface area (Å²) in [6.45, 7) is 0. The van der Waals surface area contributed by atoms with Crippen molar-refractivity contribution in [2.45, 2.75) is 14.8 Å². The molecular weight excluding hydrogens is 431 g/mol. The summed E-state index contributed by atoms with van der Waals surface area (Å²) in [6.07, 6.45) is 0. The molecule has 0 unspecified atom stereocenters. The van der Waals surface area contributed by atoms with Crippen molar-refractivity contribution in [3.63, 3.8) is 0 Å². The summed E-state index contributed by atoms with van der Waals surface area (Å²) in [6, 6.07) is 21.3. The van der Waals surface area contributed by atoms with Gasteiger partial charge in [0.25, 0.3) is 5.91 Å². The Labute approximate surface area is 157 Å². The first kappa shape index (κ1) is 18.4. The number of pyridine rings is 1. The number of hydrogen-bond donors (Lipinski definition) is 1. The van der Waals surface area contributed by atoms with Crippen LogP contribution in [0.25, 0.3) is 11.3 Å². The number of rotatable bonds is 5. The van der Waals surface area contributed by atoms with Gasteiger partial charge in [0, 0.05) is 0 Å². The fourth-order valence-corrected chi connectivity index (χ4v) is 5.92. The van der Waals surface area contributed by atoms with E-state index in [-0.39, 0.29) is 5.69 Å². The van der Waals surface area contributed by atoms with E-state index >= 15 is 0 Å². The summed E-state index contributed by atoms with van der Waals surface area (Å²) in [7, 11) is 0. The predicted octanol–water partition coefficient (Wildman–Crippen LogP) is 4.19. The fourth-order valence-electron chi connectivity index (χ4n) is 2.59. The molecule has 2 N–H and O–H groups in total. The molecule has 2 aromatic carbocycles. The number of carbonyl (C=O) groups is 1. The Bertz CT molecular complexity index is 914. The Morgan fingerprint density at radius 3 is 2.00 bits per heavy atom. The second-order valence-corrected chi connectivity index (χ2v) is 21.7. The maximum atomic E-state index is 11.3. The zero-order valence-corrected chi connectivity index (χ0v) is 18.0. The van der Waals surface area contributed by atoms with Crippen LogP contribution in [0.5, 0.6) is 11.5 Å². The molecule has 3 aromatic rings. The number of nitrogens with zero attached hydrogens (tertiary/aromatic N) is 1. The number of aromatic nitrogens is 1. The van der Waals surface area contributed by atoms with Crippen LogP contribution in [0.2, 0.25) is 14.8 Å². The van der Waals surface area contributed by atoms with E-state index in [2.05, 4.69) is 31.9 Å². The third kappa shape index (κ3) is 4.43. The Morgan fingerprint density at radius 1 is 0.885 bits per heavy atom. The summed E-state index contributed by atoms with van der Waals surface area (Å²) in [5.74, 6) is 1.05. The molecule has 0 atom stereocenters. The molecule has 0 radical (unpaired) electrons. The van der Waals surface area contributed by atoms with Crippen LogP contribution in [0.3, 0.4) is 0 Å². The molecule has 0 aliphatic heterocycles. The quantitative estimate of drug-likeness (QED) is 0.590. The van der Waals surface area contributed by atoms with Gasteiger partial charge in [-0.3, -0.25) is 4.79 Å². The Kier molecular flexibility index (Phi) is 5.32. The number of benzene rings is 2. The van der Waals surface area contributed by atoms with Crippen molar-refractivity contribution in [3.05, 3.63) is 72.4 Å². The van der Waals surface area contributed by atoms with Gasteiger partial charge in [0.05, 0.1) is 0 Å². The van der Waals surface area contributed by atoms with E-state index in [0.717, 1.165) is 17.1 Å². The van der Waals surface area contributed by atoms with E-state index in [4.69, 9.17) is 10.5 Å². The second kappa shape index (κ2) is 7.49. The van der Waals surface area contributed by atoms with Crippen LogP contribution in [-0.4, -0.2) is 29.3 Å². The van der Waals surface area contributed by atoms with Crippen LogP contribution in [0.4, 0.5) is 0 Å². The first-order chi connectivity index (χ1) is 12.3. The molecule has 0 bridgehead atoms.